The molecule has 0 unspecified atom stereocenters. The highest BCUT2D eigenvalue weighted by atomic mass is 16.6. The van der Waals surface area contributed by atoms with Gasteiger partial charge < -0.3 is 9.47 Å². The summed E-state index contributed by atoms with van der Waals surface area (Å²) in [7, 11) is 0. The monoisotopic (exact) mass is 349 g/mol. The van der Waals surface area contributed by atoms with Gasteiger partial charge in [-0.25, -0.2) is 9.79 Å². The molecule has 132 valence electrons. The maximum absolute atomic E-state index is 12.6. The summed E-state index contributed by atoms with van der Waals surface area (Å²) in [5, 5.41) is 0. The molecule has 0 N–H and O–H groups in total. The number of aliphatic imine (C=N–C) groups is 1. The van der Waals surface area contributed by atoms with Crippen LogP contribution >= 0.6 is 0 Å². The predicted molar refractivity (Wildman–Crippen MR) is 98.5 cm³/mol. The molecule has 0 radical (unpaired) electrons. The number of nitrogens with zero attached hydrogens (tertiary/aromatic N) is 1. The first kappa shape index (κ1) is 17.6. The molecule has 0 fully saturated rings. The quantitative estimate of drug-likeness (QED) is 0.776. The molecule has 0 aliphatic carbocycles. The summed E-state index contributed by atoms with van der Waals surface area (Å²) in [4.78, 5) is 28.6. The molecular formula is C21H19NO4. The Kier molecular flexibility index (Phi) is 4.98. The van der Waals surface area contributed by atoms with Gasteiger partial charge in [0.15, 0.2) is 11.6 Å². The highest BCUT2D eigenvalue weighted by Gasteiger charge is 2.49. The Hall–Kier alpha value is -3.21. The van der Waals surface area contributed by atoms with E-state index in [0.29, 0.717) is 5.56 Å². The van der Waals surface area contributed by atoms with Crippen LogP contribution in [0.3, 0.4) is 0 Å². The van der Waals surface area contributed by atoms with Crippen LogP contribution < -0.4 is 0 Å². The summed E-state index contributed by atoms with van der Waals surface area (Å²) in [6.45, 7) is 2.91. The zero-order valence-electron chi connectivity index (χ0n) is 14.6. The van der Waals surface area contributed by atoms with Gasteiger partial charge in [0.1, 0.15) is 0 Å². The van der Waals surface area contributed by atoms with Gasteiger partial charge in [0.05, 0.1) is 0 Å². The van der Waals surface area contributed by atoms with Crippen LogP contribution in [0.25, 0.3) is 6.08 Å². The van der Waals surface area contributed by atoms with E-state index in [4.69, 9.17) is 9.47 Å². The third-order valence-electron chi connectivity index (χ3n) is 4.07. The zero-order chi connectivity index (χ0) is 18.6. The second kappa shape index (κ2) is 7.35. The van der Waals surface area contributed by atoms with Crippen LogP contribution in [0, 0.1) is 0 Å². The van der Waals surface area contributed by atoms with E-state index in [0.717, 1.165) is 5.56 Å². The number of carbonyl (C=O) groups excluding carboxylic acids is 2. The average molecular weight is 349 g/mol. The number of benzene rings is 2. The number of hydrogen-bond acceptors (Lipinski definition) is 5. The summed E-state index contributed by atoms with van der Waals surface area (Å²) < 4.78 is 10.7. The first-order valence-electron chi connectivity index (χ1n) is 8.27. The maximum Gasteiger partial charge on any atom is 0.344 e. The third-order valence-corrected chi connectivity index (χ3v) is 4.07. The molecule has 1 aliphatic heterocycles. The molecule has 2 aromatic carbocycles. The second-order valence-corrected chi connectivity index (χ2v) is 6.12. The molecule has 0 bridgehead atoms. The Morgan fingerprint density at radius 3 is 2.35 bits per heavy atom. The van der Waals surface area contributed by atoms with Crippen LogP contribution in [0.5, 0.6) is 0 Å². The van der Waals surface area contributed by atoms with E-state index in [1.54, 1.807) is 31.2 Å². The zero-order valence-corrected chi connectivity index (χ0v) is 14.6. The van der Waals surface area contributed by atoms with Crippen LogP contribution in [-0.2, 0) is 19.1 Å². The second-order valence-electron chi connectivity index (χ2n) is 6.12. The number of esters is 2. The Morgan fingerprint density at radius 1 is 1.12 bits per heavy atom. The fraction of sp³-hybridized carbons (Fsp3) is 0.190. The van der Waals surface area contributed by atoms with Crippen molar-refractivity contribution in [2.75, 3.05) is 0 Å². The highest BCUT2D eigenvalue weighted by Crippen LogP contribution is 2.29. The van der Waals surface area contributed by atoms with Crippen molar-refractivity contribution in [3.05, 3.63) is 77.9 Å². The fourth-order valence-electron chi connectivity index (χ4n) is 2.64. The van der Waals surface area contributed by atoms with Crippen molar-refractivity contribution in [2.45, 2.75) is 25.5 Å². The number of ether oxygens (including phenoxy) is 2. The molecule has 26 heavy (non-hydrogen) atoms. The first-order valence-corrected chi connectivity index (χ1v) is 8.27. The SMILES string of the molecule is CC(=O)O[C@H](C=Cc1ccccc1)[C@]1(C)N=C(c2ccccc2)OC1=O. The van der Waals surface area contributed by atoms with Crippen LogP contribution in [0.15, 0.2) is 71.7 Å². The molecule has 0 aromatic heterocycles. The van der Waals surface area contributed by atoms with Crippen LogP contribution in [0.1, 0.15) is 25.0 Å². The molecule has 5 heteroatoms. The van der Waals surface area contributed by atoms with E-state index in [9.17, 15) is 9.59 Å². The summed E-state index contributed by atoms with van der Waals surface area (Å²) in [5.41, 5.74) is 0.271. The van der Waals surface area contributed by atoms with Gasteiger partial charge in [-0.2, -0.15) is 0 Å². The van der Waals surface area contributed by atoms with Crippen molar-refractivity contribution in [3.8, 4) is 0 Å². The van der Waals surface area contributed by atoms with Gasteiger partial charge in [-0.1, -0.05) is 54.6 Å². The third kappa shape index (κ3) is 3.72. The number of rotatable bonds is 5. The lowest BCUT2D eigenvalue weighted by Gasteiger charge is -2.24. The van der Waals surface area contributed by atoms with Crippen molar-refractivity contribution in [1.82, 2.24) is 0 Å². The van der Waals surface area contributed by atoms with Crippen LogP contribution in [0.2, 0.25) is 0 Å². The number of hydrogen-bond donors (Lipinski definition) is 0. The Morgan fingerprint density at radius 2 is 1.73 bits per heavy atom. The van der Waals surface area contributed by atoms with E-state index >= 15 is 0 Å². The van der Waals surface area contributed by atoms with Crippen molar-refractivity contribution in [2.24, 2.45) is 4.99 Å². The summed E-state index contributed by atoms with van der Waals surface area (Å²) in [5.74, 6) is -0.825. The molecular weight excluding hydrogens is 330 g/mol. The molecule has 1 aliphatic rings. The first-order chi connectivity index (χ1) is 12.5. The van der Waals surface area contributed by atoms with Gasteiger partial charge in [0.2, 0.25) is 5.90 Å². The van der Waals surface area contributed by atoms with E-state index in [1.807, 2.05) is 48.5 Å². The minimum Gasteiger partial charge on any atom is -0.455 e. The minimum absolute atomic E-state index is 0.225. The van der Waals surface area contributed by atoms with E-state index < -0.39 is 23.6 Å². The Labute approximate surface area is 152 Å². The lowest BCUT2D eigenvalue weighted by molar-refractivity contribution is -0.152. The molecule has 0 amide bonds. The smallest absolute Gasteiger partial charge is 0.344 e. The van der Waals surface area contributed by atoms with Gasteiger partial charge in [-0.05, 0) is 30.7 Å². The van der Waals surface area contributed by atoms with Crippen molar-refractivity contribution in [1.29, 1.82) is 0 Å². The molecule has 2 atom stereocenters. The van der Waals surface area contributed by atoms with E-state index in [-0.39, 0.29) is 5.90 Å². The van der Waals surface area contributed by atoms with Crippen molar-refractivity contribution >= 4 is 23.9 Å². The van der Waals surface area contributed by atoms with E-state index in [2.05, 4.69) is 4.99 Å². The molecule has 3 rings (SSSR count). The standard InChI is InChI=1S/C21H19NO4/c1-15(23)25-18(14-13-16-9-5-3-6-10-16)21(2)20(24)26-19(22-21)17-11-7-4-8-12-17/h3-14,18H,1-2H3/t18-,21+/m1/s1. The molecule has 0 saturated heterocycles. The topological polar surface area (TPSA) is 65.0 Å². The lowest BCUT2D eigenvalue weighted by Crippen LogP contribution is -2.44. The molecule has 2 aromatic rings. The summed E-state index contributed by atoms with van der Waals surface area (Å²) >= 11 is 0. The minimum atomic E-state index is -1.35. The van der Waals surface area contributed by atoms with E-state index in [1.165, 1.54) is 6.92 Å². The van der Waals surface area contributed by atoms with Gasteiger partial charge in [-0.3, -0.25) is 4.79 Å². The van der Waals surface area contributed by atoms with Gasteiger partial charge in [-0.15, -0.1) is 0 Å². The Bertz CT molecular complexity index is 858. The van der Waals surface area contributed by atoms with Gasteiger partial charge in [0, 0.05) is 12.5 Å². The lowest BCUT2D eigenvalue weighted by atomic mass is 9.95. The van der Waals surface area contributed by atoms with Crippen LogP contribution in [0.4, 0.5) is 0 Å². The number of cyclic esters (lactones) is 1. The highest BCUT2D eigenvalue weighted by molar-refractivity contribution is 6.08. The Balaban J connectivity index is 1.94. The van der Waals surface area contributed by atoms with Crippen molar-refractivity contribution < 1.29 is 19.1 Å². The normalized spacial score (nSPS) is 20.5. The molecule has 1 heterocycles. The summed E-state index contributed by atoms with van der Waals surface area (Å²) in [6.07, 6.45) is 2.58. The molecule has 0 spiro atoms. The number of carbonyl (C=O) groups is 2. The molecule has 5 nitrogen and oxygen atoms in total. The maximum atomic E-state index is 12.6. The fourth-order valence-corrected chi connectivity index (χ4v) is 2.64. The molecule has 0 saturated carbocycles. The van der Waals surface area contributed by atoms with Gasteiger partial charge >= 0.3 is 11.9 Å². The summed E-state index contributed by atoms with van der Waals surface area (Å²) in [6, 6.07) is 18.7. The average Bonchev–Trinajstić information content (AvgIpc) is 2.96. The van der Waals surface area contributed by atoms with Crippen LogP contribution in [-0.4, -0.2) is 29.5 Å². The van der Waals surface area contributed by atoms with Crippen molar-refractivity contribution in [3.63, 3.8) is 0 Å². The largest absolute Gasteiger partial charge is 0.455 e. The predicted octanol–water partition coefficient (Wildman–Crippen LogP) is 3.39. The van der Waals surface area contributed by atoms with Gasteiger partial charge in [0.25, 0.3) is 0 Å².